The molecule has 0 aliphatic carbocycles. The number of nitrogens with one attached hydrogen (secondary N) is 1. The second kappa shape index (κ2) is 7.39. The molecule has 1 amide bonds. The van der Waals surface area contributed by atoms with E-state index in [1.54, 1.807) is 6.07 Å². The maximum Gasteiger partial charge on any atom is 0.289 e. The highest BCUT2D eigenvalue weighted by molar-refractivity contribution is 5.92. The minimum absolute atomic E-state index is 0.234. The minimum atomic E-state index is -0.236. The second-order valence-electron chi connectivity index (χ2n) is 5.65. The first-order valence-electron chi connectivity index (χ1n) is 7.86. The van der Waals surface area contributed by atoms with Gasteiger partial charge in [0.2, 0.25) is 5.76 Å². The summed E-state index contributed by atoms with van der Waals surface area (Å²) >= 11 is 0. The van der Waals surface area contributed by atoms with Crippen LogP contribution in [0.1, 0.15) is 17.5 Å². The van der Waals surface area contributed by atoms with E-state index in [9.17, 15) is 4.79 Å². The monoisotopic (exact) mass is 315 g/mol. The Hall–Kier alpha value is -2.18. The van der Waals surface area contributed by atoms with Crippen molar-refractivity contribution in [2.45, 2.75) is 13.0 Å². The van der Waals surface area contributed by atoms with Gasteiger partial charge in [0.25, 0.3) is 5.91 Å². The number of rotatable bonds is 5. The highest BCUT2D eigenvalue weighted by Gasteiger charge is 2.19. The zero-order valence-electron chi connectivity index (χ0n) is 13.2. The quantitative estimate of drug-likeness (QED) is 0.911. The molecule has 1 aliphatic heterocycles. The lowest BCUT2D eigenvalue weighted by molar-refractivity contribution is 0.0203. The van der Waals surface area contributed by atoms with E-state index in [0.717, 1.165) is 31.9 Å². The fraction of sp³-hybridized carbons (Fsp3) is 0.412. The molecule has 6 nitrogen and oxygen atoms in total. The van der Waals surface area contributed by atoms with Crippen molar-refractivity contribution < 1.29 is 14.1 Å². The molecule has 6 heteroatoms. The average Bonchev–Trinajstić information content (AvgIpc) is 3.11. The number of carbonyl (C=O) groups is 1. The molecule has 1 aromatic heterocycles. The molecule has 2 aromatic rings. The molecule has 1 aromatic carbocycles. The van der Waals surface area contributed by atoms with Gasteiger partial charge in [-0.3, -0.25) is 9.69 Å². The van der Waals surface area contributed by atoms with Crippen LogP contribution in [0.25, 0.3) is 11.3 Å². The highest BCUT2D eigenvalue weighted by Crippen LogP contribution is 2.18. The fourth-order valence-corrected chi connectivity index (χ4v) is 2.60. The zero-order valence-corrected chi connectivity index (χ0v) is 13.2. The molecule has 1 fully saturated rings. The van der Waals surface area contributed by atoms with Crippen LogP contribution in [-0.4, -0.2) is 54.9 Å². The second-order valence-corrected chi connectivity index (χ2v) is 5.65. The topological polar surface area (TPSA) is 67.6 Å². The van der Waals surface area contributed by atoms with Crippen LogP contribution in [0.5, 0.6) is 0 Å². The number of aromatic nitrogens is 1. The van der Waals surface area contributed by atoms with Crippen molar-refractivity contribution in [3.63, 3.8) is 0 Å². The number of hydrogen-bond donors (Lipinski definition) is 1. The van der Waals surface area contributed by atoms with Crippen LogP contribution in [0.4, 0.5) is 0 Å². The third-order valence-electron chi connectivity index (χ3n) is 4.03. The van der Waals surface area contributed by atoms with Gasteiger partial charge in [-0.1, -0.05) is 35.5 Å². The number of nitrogens with zero attached hydrogens (tertiary/aromatic N) is 2. The molecule has 1 N–H and O–H groups in total. The first kappa shape index (κ1) is 15.7. The molecule has 0 bridgehead atoms. The van der Waals surface area contributed by atoms with Gasteiger partial charge in [-0.25, -0.2) is 0 Å². The highest BCUT2D eigenvalue weighted by atomic mass is 16.5. The van der Waals surface area contributed by atoms with Crippen LogP contribution >= 0.6 is 0 Å². The molecular weight excluding hydrogens is 294 g/mol. The summed E-state index contributed by atoms with van der Waals surface area (Å²) in [6.45, 7) is 5.97. The number of benzene rings is 1. The number of hydrogen-bond acceptors (Lipinski definition) is 5. The van der Waals surface area contributed by atoms with Crippen molar-refractivity contribution in [1.82, 2.24) is 15.4 Å². The lowest BCUT2D eigenvalue weighted by Crippen LogP contribution is -2.47. The molecule has 0 radical (unpaired) electrons. The summed E-state index contributed by atoms with van der Waals surface area (Å²) in [6, 6.07) is 11.6. The van der Waals surface area contributed by atoms with E-state index < -0.39 is 0 Å². The van der Waals surface area contributed by atoms with Crippen LogP contribution in [0.2, 0.25) is 0 Å². The van der Waals surface area contributed by atoms with Crippen molar-refractivity contribution in [2.24, 2.45) is 0 Å². The Morgan fingerprint density at radius 1 is 1.30 bits per heavy atom. The summed E-state index contributed by atoms with van der Waals surface area (Å²) in [5.74, 6) is -0.00202. The third-order valence-corrected chi connectivity index (χ3v) is 4.03. The fourth-order valence-electron chi connectivity index (χ4n) is 2.60. The summed E-state index contributed by atoms with van der Waals surface area (Å²) < 4.78 is 10.5. The van der Waals surface area contributed by atoms with Gasteiger partial charge in [0, 0.05) is 37.3 Å². The van der Waals surface area contributed by atoms with Crippen molar-refractivity contribution in [3.05, 3.63) is 42.2 Å². The standard InChI is InChI=1S/C17H21N3O3/c1-13(20-7-9-22-10-8-20)12-18-17(21)16-11-15(19-23-16)14-5-3-2-4-6-14/h2-6,11,13H,7-10,12H2,1H3,(H,18,21). The zero-order chi connectivity index (χ0) is 16.1. The van der Waals surface area contributed by atoms with Crippen LogP contribution in [0, 0.1) is 0 Å². The Balaban J connectivity index is 1.55. The van der Waals surface area contributed by atoms with Gasteiger partial charge >= 0.3 is 0 Å². The summed E-state index contributed by atoms with van der Waals surface area (Å²) in [5.41, 5.74) is 1.59. The van der Waals surface area contributed by atoms with Gasteiger partial charge in [0.1, 0.15) is 5.69 Å². The van der Waals surface area contributed by atoms with Gasteiger partial charge in [-0.05, 0) is 6.92 Å². The number of morpholine rings is 1. The summed E-state index contributed by atoms with van der Waals surface area (Å²) in [4.78, 5) is 14.5. The van der Waals surface area contributed by atoms with E-state index in [-0.39, 0.29) is 17.7 Å². The van der Waals surface area contributed by atoms with Crippen LogP contribution in [0.15, 0.2) is 40.9 Å². The van der Waals surface area contributed by atoms with Crippen LogP contribution in [-0.2, 0) is 4.74 Å². The Bertz CT molecular complexity index is 636. The summed E-state index contributed by atoms with van der Waals surface area (Å²) in [6.07, 6.45) is 0. The predicted molar refractivity (Wildman–Crippen MR) is 86.1 cm³/mol. The largest absolute Gasteiger partial charge is 0.379 e. The minimum Gasteiger partial charge on any atom is -0.379 e. The third kappa shape index (κ3) is 3.97. The van der Waals surface area contributed by atoms with Gasteiger partial charge < -0.3 is 14.6 Å². The molecule has 0 saturated carbocycles. The number of amides is 1. The number of ether oxygens (including phenoxy) is 1. The van der Waals surface area contributed by atoms with Crippen molar-refractivity contribution >= 4 is 5.91 Å². The predicted octanol–water partition coefficient (Wildman–Crippen LogP) is 1.79. The normalized spacial score (nSPS) is 16.9. The first-order valence-corrected chi connectivity index (χ1v) is 7.86. The van der Waals surface area contributed by atoms with Gasteiger partial charge in [-0.2, -0.15) is 0 Å². The Morgan fingerprint density at radius 3 is 2.78 bits per heavy atom. The molecular formula is C17H21N3O3. The molecule has 1 atom stereocenters. The van der Waals surface area contributed by atoms with Gasteiger partial charge in [0.15, 0.2) is 0 Å². The Labute approximate surface area is 135 Å². The molecule has 3 rings (SSSR count). The van der Waals surface area contributed by atoms with Gasteiger partial charge in [-0.15, -0.1) is 0 Å². The maximum absolute atomic E-state index is 12.2. The van der Waals surface area contributed by atoms with Crippen molar-refractivity contribution in [2.75, 3.05) is 32.8 Å². The Morgan fingerprint density at radius 2 is 2.04 bits per heavy atom. The lowest BCUT2D eigenvalue weighted by atomic mass is 10.1. The first-order chi connectivity index (χ1) is 11.2. The number of carbonyl (C=O) groups excluding carboxylic acids is 1. The van der Waals surface area contributed by atoms with E-state index in [0.29, 0.717) is 12.2 Å². The molecule has 1 saturated heterocycles. The van der Waals surface area contributed by atoms with E-state index in [2.05, 4.69) is 22.3 Å². The molecule has 1 aliphatic rings. The van der Waals surface area contributed by atoms with Crippen LogP contribution < -0.4 is 5.32 Å². The smallest absolute Gasteiger partial charge is 0.289 e. The van der Waals surface area contributed by atoms with Crippen LogP contribution in [0.3, 0.4) is 0 Å². The lowest BCUT2D eigenvalue weighted by Gasteiger charge is -2.32. The molecule has 122 valence electrons. The molecule has 2 heterocycles. The molecule has 0 spiro atoms. The average molecular weight is 315 g/mol. The molecule has 1 unspecified atom stereocenters. The van der Waals surface area contributed by atoms with Gasteiger partial charge in [0.05, 0.1) is 13.2 Å². The van der Waals surface area contributed by atoms with E-state index in [1.807, 2.05) is 30.3 Å². The van der Waals surface area contributed by atoms with E-state index in [4.69, 9.17) is 9.26 Å². The summed E-state index contributed by atoms with van der Waals surface area (Å²) in [7, 11) is 0. The van der Waals surface area contributed by atoms with E-state index in [1.165, 1.54) is 0 Å². The van der Waals surface area contributed by atoms with E-state index >= 15 is 0 Å². The maximum atomic E-state index is 12.2. The summed E-state index contributed by atoms with van der Waals surface area (Å²) in [5, 5.41) is 6.87. The SMILES string of the molecule is CC(CNC(=O)c1cc(-c2ccccc2)no1)N1CCOCC1. The Kier molecular flexibility index (Phi) is 5.05. The van der Waals surface area contributed by atoms with Crippen molar-refractivity contribution in [1.29, 1.82) is 0 Å². The van der Waals surface area contributed by atoms with Crippen molar-refractivity contribution in [3.8, 4) is 11.3 Å². The molecule has 23 heavy (non-hydrogen) atoms.